The zero-order valence-electron chi connectivity index (χ0n) is 17.0. The Balaban J connectivity index is 1.58. The number of amides is 3. The molecule has 0 saturated heterocycles. The fourth-order valence-corrected chi connectivity index (χ4v) is 3.64. The summed E-state index contributed by atoms with van der Waals surface area (Å²) in [6, 6.07) is 11.6. The quantitative estimate of drug-likeness (QED) is 0.545. The van der Waals surface area contributed by atoms with Gasteiger partial charge in [0.05, 0.1) is 28.3 Å². The summed E-state index contributed by atoms with van der Waals surface area (Å²) in [7, 11) is 1.42. The number of fused-ring (bicyclic) bond motifs is 1. The summed E-state index contributed by atoms with van der Waals surface area (Å²) >= 11 is 6.19. The topological polar surface area (TPSA) is 96.6 Å². The van der Waals surface area contributed by atoms with Crippen LogP contribution in [-0.4, -0.2) is 51.3 Å². The van der Waals surface area contributed by atoms with Crippen LogP contribution in [0.5, 0.6) is 0 Å². The van der Waals surface area contributed by atoms with E-state index in [0.717, 1.165) is 4.90 Å². The highest BCUT2D eigenvalue weighted by atomic mass is 35.5. The molecule has 0 spiro atoms. The van der Waals surface area contributed by atoms with E-state index in [2.05, 4.69) is 10.2 Å². The summed E-state index contributed by atoms with van der Waals surface area (Å²) in [4.78, 5) is 40.1. The second-order valence-corrected chi connectivity index (χ2v) is 7.54. The Hall–Kier alpha value is -3.52. The van der Waals surface area contributed by atoms with Crippen LogP contribution in [0, 0.1) is 0 Å². The van der Waals surface area contributed by atoms with Crippen LogP contribution >= 0.6 is 11.6 Å². The van der Waals surface area contributed by atoms with Crippen LogP contribution in [0.3, 0.4) is 0 Å². The number of aromatic nitrogens is 2. The lowest BCUT2D eigenvalue weighted by Gasteiger charge is -2.20. The smallest absolute Gasteiger partial charge is 0.261 e. The molecule has 1 aliphatic heterocycles. The highest BCUT2D eigenvalue weighted by molar-refractivity contribution is 6.33. The summed E-state index contributed by atoms with van der Waals surface area (Å²) in [5, 5.41) is 8.57. The van der Waals surface area contributed by atoms with Crippen molar-refractivity contribution in [2.75, 3.05) is 13.6 Å². The van der Waals surface area contributed by atoms with Gasteiger partial charge in [-0.15, -0.1) is 10.2 Å². The molecule has 0 radical (unpaired) electrons. The van der Waals surface area contributed by atoms with Crippen molar-refractivity contribution in [1.82, 2.24) is 20.0 Å². The molecule has 9 heteroatoms. The van der Waals surface area contributed by atoms with Gasteiger partial charge in [-0.2, -0.15) is 0 Å². The number of benzene rings is 2. The van der Waals surface area contributed by atoms with Crippen LogP contribution < -0.4 is 0 Å². The SMILES string of the molecule is CCCN(Cc1nnc(-c2ccccc2Cl)o1)C(=O)c1ccc2c(c1)C(=O)N(C)C2=O. The molecule has 2 aromatic carbocycles. The van der Waals surface area contributed by atoms with Crippen LogP contribution in [0.15, 0.2) is 46.9 Å². The number of hydrogen-bond donors (Lipinski definition) is 0. The van der Waals surface area contributed by atoms with Crippen molar-refractivity contribution >= 4 is 29.3 Å². The average Bonchev–Trinajstić information content (AvgIpc) is 3.32. The van der Waals surface area contributed by atoms with E-state index in [1.165, 1.54) is 19.2 Å². The molecule has 1 aliphatic rings. The zero-order valence-corrected chi connectivity index (χ0v) is 17.7. The second-order valence-electron chi connectivity index (χ2n) is 7.14. The van der Waals surface area contributed by atoms with Crippen molar-refractivity contribution in [3.05, 3.63) is 70.1 Å². The van der Waals surface area contributed by atoms with Gasteiger partial charge in [-0.05, 0) is 36.8 Å². The molecule has 3 amide bonds. The minimum atomic E-state index is -0.419. The molecule has 0 atom stereocenters. The number of hydrogen-bond acceptors (Lipinski definition) is 6. The lowest BCUT2D eigenvalue weighted by atomic mass is 10.0. The minimum Gasteiger partial charge on any atom is -0.419 e. The van der Waals surface area contributed by atoms with Crippen LogP contribution in [-0.2, 0) is 6.54 Å². The Morgan fingerprint density at radius 3 is 2.55 bits per heavy atom. The molecular formula is C22H19ClN4O4. The third-order valence-corrected chi connectivity index (χ3v) is 5.34. The van der Waals surface area contributed by atoms with Gasteiger partial charge >= 0.3 is 0 Å². The van der Waals surface area contributed by atoms with Crippen molar-refractivity contribution in [1.29, 1.82) is 0 Å². The van der Waals surface area contributed by atoms with E-state index in [0.29, 0.717) is 34.7 Å². The molecule has 0 aliphatic carbocycles. The van der Waals surface area contributed by atoms with Crippen molar-refractivity contribution in [2.24, 2.45) is 0 Å². The fraction of sp³-hybridized carbons (Fsp3) is 0.227. The Labute approximate surface area is 183 Å². The zero-order chi connectivity index (χ0) is 22.1. The lowest BCUT2D eigenvalue weighted by molar-refractivity contribution is 0.0692. The first-order valence-corrected chi connectivity index (χ1v) is 10.1. The molecule has 0 N–H and O–H groups in total. The van der Waals surface area contributed by atoms with E-state index in [1.807, 2.05) is 13.0 Å². The molecule has 0 unspecified atom stereocenters. The Morgan fingerprint density at radius 2 is 1.81 bits per heavy atom. The first-order valence-electron chi connectivity index (χ1n) is 9.73. The van der Waals surface area contributed by atoms with Gasteiger partial charge in [-0.1, -0.05) is 30.7 Å². The summed E-state index contributed by atoms with van der Waals surface area (Å²) in [5.41, 5.74) is 1.46. The predicted molar refractivity (Wildman–Crippen MR) is 113 cm³/mol. The van der Waals surface area contributed by atoms with Crippen LogP contribution in [0.2, 0.25) is 5.02 Å². The number of rotatable bonds is 6. The van der Waals surface area contributed by atoms with E-state index >= 15 is 0 Å². The van der Waals surface area contributed by atoms with Crippen molar-refractivity contribution < 1.29 is 18.8 Å². The Morgan fingerprint density at radius 1 is 1.06 bits per heavy atom. The maximum Gasteiger partial charge on any atom is 0.261 e. The fourth-order valence-electron chi connectivity index (χ4n) is 3.42. The van der Waals surface area contributed by atoms with E-state index in [-0.39, 0.29) is 35.7 Å². The maximum absolute atomic E-state index is 13.1. The molecular weight excluding hydrogens is 420 g/mol. The highest BCUT2D eigenvalue weighted by Gasteiger charge is 2.33. The summed E-state index contributed by atoms with van der Waals surface area (Å²) in [5.74, 6) is -0.546. The van der Waals surface area contributed by atoms with Gasteiger partial charge < -0.3 is 9.32 Å². The summed E-state index contributed by atoms with van der Waals surface area (Å²) in [6.45, 7) is 2.50. The van der Waals surface area contributed by atoms with Crippen LogP contribution in [0.4, 0.5) is 0 Å². The third kappa shape index (κ3) is 3.82. The average molecular weight is 439 g/mol. The van der Waals surface area contributed by atoms with Crippen LogP contribution in [0.25, 0.3) is 11.5 Å². The second kappa shape index (κ2) is 8.31. The van der Waals surface area contributed by atoms with Gasteiger partial charge in [0.25, 0.3) is 17.7 Å². The van der Waals surface area contributed by atoms with Gasteiger partial charge in [0.1, 0.15) is 0 Å². The lowest BCUT2D eigenvalue weighted by Crippen LogP contribution is -2.31. The van der Waals surface area contributed by atoms with Crippen LogP contribution in [0.1, 0.15) is 50.3 Å². The molecule has 1 aromatic heterocycles. The Bertz CT molecular complexity index is 1190. The molecule has 0 bridgehead atoms. The minimum absolute atomic E-state index is 0.105. The normalized spacial score (nSPS) is 12.9. The van der Waals surface area contributed by atoms with Crippen molar-refractivity contribution in [3.63, 3.8) is 0 Å². The summed E-state index contributed by atoms with van der Waals surface area (Å²) < 4.78 is 5.73. The maximum atomic E-state index is 13.1. The molecule has 4 rings (SSSR count). The molecule has 3 aromatic rings. The predicted octanol–water partition coefficient (Wildman–Crippen LogP) is 3.67. The molecule has 31 heavy (non-hydrogen) atoms. The summed E-state index contributed by atoms with van der Waals surface area (Å²) in [6.07, 6.45) is 0.711. The standard InChI is InChI=1S/C22H19ClN4O4/c1-3-10-27(12-18-24-25-19(31-18)15-6-4-5-7-17(15)23)20(28)13-8-9-14-16(11-13)22(30)26(2)21(14)29/h4-9,11H,3,10,12H2,1-2H3. The van der Waals surface area contributed by atoms with Gasteiger partial charge in [0.15, 0.2) is 0 Å². The van der Waals surface area contributed by atoms with Crippen molar-refractivity contribution in [2.45, 2.75) is 19.9 Å². The monoisotopic (exact) mass is 438 g/mol. The number of imide groups is 1. The van der Waals surface area contributed by atoms with E-state index < -0.39 is 5.91 Å². The first kappa shape index (κ1) is 20.7. The third-order valence-electron chi connectivity index (χ3n) is 5.01. The first-order chi connectivity index (χ1) is 14.9. The number of carbonyl (C=O) groups is 3. The van der Waals surface area contributed by atoms with E-state index in [4.69, 9.17) is 16.0 Å². The van der Waals surface area contributed by atoms with Crippen molar-refractivity contribution in [3.8, 4) is 11.5 Å². The number of carbonyl (C=O) groups excluding carboxylic acids is 3. The number of nitrogens with zero attached hydrogens (tertiary/aromatic N) is 4. The van der Waals surface area contributed by atoms with Gasteiger partial charge in [0.2, 0.25) is 11.8 Å². The number of halogens is 1. The molecule has 158 valence electrons. The van der Waals surface area contributed by atoms with E-state index in [1.54, 1.807) is 29.2 Å². The molecule has 0 fully saturated rings. The van der Waals surface area contributed by atoms with E-state index in [9.17, 15) is 14.4 Å². The largest absolute Gasteiger partial charge is 0.419 e. The molecule has 2 heterocycles. The molecule has 0 saturated carbocycles. The highest BCUT2D eigenvalue weighted by Crippen LogP contribution is 2.27. The van der Waals surface area contributed by atoms with Gasteiger partial charge in [-0.25, -0.2) is 0 Å². The molecule has 8 nitrogen and oxygen atoms in total. The van der Waals surface area contributed by atoms with Gasteiger partial charge in [-0.3, -0.25) is 19.3 Å². The Kier molecular flexibility index (Phi) is 5.56. The van der Waals surface area contributed by atoms with Gasteiger partial charge in [0, 0.05) is 19.2 Å².